The molecular formula is C25H28O5. The summed E-state index contributed by atoms with van der Waals surface area (Å²) < 4.78 is 6.10. The molecule has 3 N–H and O–H groups in total. The Labute approximate surface area is 177 Å². The molecule has 0 radical (unpaired) electrons. The van der Waals surface area contributed by atoms with E-state index in [0.717, 1.165) is 12.8 Å². The number of aromatic hydroxyl groups is 3. The molecule has 0 aromatic heterocycles. The van der Waals surface area contributed by atoms with Crippen LogP contribution in [-0.4, -0.2) is 21.1 Å². The van der Waals surface area contributed by atoms with Gasteiger partial charge in [0.05, 0.1) is 12.0 Å². The Kier molecular flexibility index (Phi) is 6.50. The number of Topliss-reactive ketones (excluding diaryl/α,β-unsaturated/α-hetero) is 1. The molecule has 0 fully saturated rings. The molecule has 158 valence electrons. The second kappa shape index (κ2) is 9.08. The molecule has 3 rings (SSSR count). The molecule has 0 amide bonds. The SMILES string of the molecule is CC(C)=CCC/C(C)=C/Cc1c(O)ccc2c1O[C@H](c1ccc(O)cc1O)CC2=O. The Morgan fingerprint density at radius 3 is 2.53 bits per heavy atom. The van der Waals surface area contributed by atoms with Gasteiger partial charge < -0.3 is 20.1 Å². The predicted molar refractivity (Wildman–Crippen MR) is 116 cm³/mol. The maximum absolute atomic E-state index is 12.7. The molecule has 2 aromatic rings. The minimum absolute atomic E-state index is 0.0640. The van der Waals surface area contributed by atoms with Crippen molar-refractivity contribution in [1.29, 1.82) is 0 Å². The van der Waals surface area contributed by atoms with Crippen LogP contribution in [0.4, 0.5) is 0 Å². The molecule has 1 heterocycles. The summed E-state index contributed by atoms with van der Waals surface area (Å²) in [5.41, 5.74) is 3.90. The van der Waals surface area contributed by atoms with Gasteiger partial charge in [-0.15, -0.1) is 0 Å². The van der Waals surface area contributed by atoms with Gasteiger partial charge >= 0.3 is 0 Å². The fourth-order valence-electron chi connectivity index (χ4n) is 3.58. The van der Waals surface area contributed by atoms with E-state index in [9.17, 15) is 20.1 Å². The van der Waals surface area contributed by atoms with Crippen molar-refractivity contribution in [3.8, 4) is 23.0 Å². The van der Waals surface area contributed by atoms with Gasteiger partial charge in [0.1, 0.15) is 29.1 Å². The van der Waals surface area contributed by atoms with Gasteiger partial charge in [-0.3, -0.25) is 4.79 Å². The maximum atomic E-state index is 12.7. The van der Waals surface area contributed by atoms with E-state index >= 15 is 0 Å². The number of allylic oxidation sites excluding steroid dienone is 4. The van der Waals surface area contributed by atoms with Gasteiger partial charge in [-0.2, -0.15) is 0 Å². The number of carbonyl (C=O) groups excluding carboxylic acids is 1. The standard InChI is InChI=1S/C25H28O5/c1-15(2)5-4-6-16(3)7-9-19-21(27)12-11-20-23(29)14-24(30-25(19)20)18-10-8-17(26)13-22(18)28/h5,7-8,10-13,24,26-28H,4,6,9,14H2,1-3H3/b16-7+/t24-/m0/s1. The molecule has 2 aromatic carbocycles. The molecule has 0 unspecified atom stereocenters. The smallest absolute Gasteiger partial charge is 0.170 e. The summed E-state index contributed by atoms with van der Waals surface area (Å²) >= 11 is 0. The van der Waals surface area contributed by atoms with E-state index in [4.69, 9.17) is 4.74 Å². The Morgan fingerprint density at radius 2 is 1.83 bits per heavy atom. The third-order valence-electron chi connectivity index (χ3n) is 5.27. The lowest BCUT2D eigenvalue weighted by Gasteiger charge is -2.28. The maximum Gasteiger partial charge on any atom is 0.170 e. The molecule has 0 bridgehead atoms. The number of ether oxygens (including phenoxy) is 1. The summed E-state index contributed by atoms with van der Waals surface area (Å²) in [6.45, 7) is 6.20. The van der Waals surface area contributed by atoms with Crippen LogP contribution in [0.15, 0.2) is 53.6 Å². The van der Waals surface area contributed by atoms with Crippen molar-refractivity contribution < 1.29 is 24.9 Å². The Bertz CT molecular complexity index is 1010. The minimum atomic E-state index is -0.686. The van der Waals surface area contributed by atoms with Gasteiger partial charge in [-0.1, -0.05) is 23.3 Å². The highest BCUT2D eigenvalue weighted by Gasteiger charge is 2.31. The number of ketones is 1. The van der Waals surface area contributed by atoms with Gasteiger partial charge in [0, 0.05) is 17.2 Å². The third kappa shape index (κ3) is 4.85. The second-order valence-corrected chi connectivity index (χ2v) is 7.99. The molecule has 5 heteroatoms. The van der Waals surface area contributed by atoms with Crippen LogP contribution < -0.4 is 4.74 Å². The highest BCUT2D eigenvalue weighted by atomic mass is 16.5. The molecule has 1 atom stereocenters. The summed E-state index contributed by atoms with van der Waals surface area (Å²) in [4.78, 5) is 12.7. The molecule has 0 saturated carbocycles. The van der Waals surface area contributed by atoms with Crippen LogP contribution >= 0.6 is 0 Å². The summed E-state index contributed by atoms with van der Waals surface area (Å²) in [6, 6.07) is 7.32. The quantitative estimate of drug-likeness (QED) is 0.530. The van der Waals surface area contributed by atoms with E-state index in [-0.39, 0.29) is 29.5 Å². The average molecular weight is 408 g/mol. The zero-order chi connectivity index (χ0) is 21.8. The van der Waals surface area contributed by atoms with Crippen LogP contribution in [0.5, 0.6) is 23.0 Å². The van der Waals surface area contributed by atoms with Gasteiger partial charge in [0.15, 0.2) is 5.78 Å². The zero-order valence-electron chi connectivity index (χ0n) is 17.6. The summed E-state index contributed by atoms with van der Waals surface area (Å²) in [5, 5.41) is 30.2. The van der Waals surface area contributed by atoms with E-state index in [1.807, 2.05) is 6.08 Å². The van der Waals surface area contributed by atoms with Crippen molar-refractivity contribution >= 4 is 5.78 Å². The molecule has 1 aliphatic heterocycles. The summed E-state index contributed by atoms with van der Waals surface area (Å²) in [6.07, 6.45) is 5.95. The fraction of sp³-hybridized carbons (Fsp3) is 0.320. The number of hydrogen-bond donors (Lipinski definition) is 3. The number of fused-ring (bicyclic) bond motifs is 1. The number of rotatable bonds is 6. The van der Waals surface area contributed by atoms with Gasteiger partial charge in [0.2, 0.25) is 0 Å². The lowest BCUT2D eigenvalue weighted by Crippen LogP contribution is -2.21. The van der Waals surface area contributed by atoms with Gasteiger partial charge in [-0.05, 0) is 64.3 Å². The van der Waals surface area contributed by atoms with Crippen LogP contribution in [0.3, 0.4) is 0 Å². The minimum Gasteiger partial charge on any atom is -0.508 e. The monoisotopic (exact) mass is 408 g/mol. The lowest BCUT2D eigenvalue weighted by molar-refractivity contribution is 0.0844. The number of benzene rings is 2. The average Bonchev–Trinajstić information content (AvgIpc) is 2.66. The van der Waals surface area contributed by atoms with Crippen LogP contribution in [-0.2, 0) is 6.42 Å². The van der Waals surface area contributed by atoms with Crippen molar-refractivity contribution in [2.45, 2.75) is 52.6 Å². The molecule has 0 aliphatic carbocycles. The molecule has 5 nitrogen and oxygen atoms in total. The van der Waals surface area contributed by atoms with Crippen molar-refractivity contribution in [1.82, 2.24) is 0 Å². The summed E-state index contributed by atoms with van der Waals surface area (Å²) in [5.74, 6) is 0.126. The van der Waals surface area contributed by atoms with Crippen LogP contribution in [0.25, 0.3) is 0 Å². The largest absolute Gasteiger partial charge is 0.508 e. The first-order valence-electron chi connectivity index (χ1n) is 10.1. The van der Waals surface area contributed by atoms with Crippen molar-refractivity contribution in [3.05, 3.63) is 70.3 Å². The first-order chi connectivity index (χ1) is 14.3. The predicted octanol–water partition coefficient (Wildman–Crippen LogP) is 5.75. The van der Waals surface area contributed by atoms with Crippen molar-refractivity contribution in [2.24, 2.45) is 0 Å². The number of phenolic OH excluding ortho intramolecular Hbond substituents is 3. The lowest BCUT2D eigenvalue weighted by atomic mass is 9.92. The normalized spacial score (nSPS) is 16.0. The van der Waals surface area contributed by atoms with E-state index in [1.54, 1.807) is 12.1 Å². The van der Waals surface area contributed by atoms with Gasteiger partial charge in [0.25, 0.3) is 0 Å². The fourth-order valence-corrected chi connectivity index (χ4v) is 3.58. The third-order valence-corrected chi connectivity index (χ3v) is 5.27. The Morgan fingerprint density at radius 1 is 1.07 bits per heavy atom. The van der Waals surface area contributed by atoms with Crippen LogP contribution in [0.1, 0.15) is 67.6 Å². The first-order valence-corrected chi connectivity index (χ1v) is 10.1. The molecule has 1 aliphatic rings. The molecule has 0 saturated heterocycles. The Balaban J connectivity index is 1.88. The first kappa shape index (κ1) is 21.5. The Hall–Kier alpha value is -3.21. The highest BCUT2D eigenvalue weighted by Crippen LogP contribution is 2.43. The molecule has 30 heavy (non-hydrogen) atoms. The number of carbonyl (C=O) groups is 1. The van der Waals surface area contributed by atoms with E-state index < -0.39 is 6.10 Å². The topological polar surface area (TPSA) is 87.0 Å². The molecule has 0 spiro atoms. The number of phenols is 3. The van der Waals surface area contributed by atoms with E-state index in [2.05, 4.69) is 26.8 Å². The van der Waals surface area contributed by atoms with E-state index in [0.29, 0.717) is 28.9 Å². The molecular weight excluding hydrogens is 380 g/mol. The number of hydrogen-bond acceptors (Lipinski definition) is 5. The van der Waals surface area contributed by atoms with E-state index in [1.165, 1.54) is 29.3 Å². The van der Waals surface area contributed by atoms with Crippen molar-refractivity contribution in [3.63, 3.8) is 0 Å². The van der Waals surface area contributed by atoms with Gasteiger partial charge in [-0.25, -0.2) is 0 Å². The highest BCUT2D eigenvalue weighted by molar-refractivity contribution is 6.00. The van der Waals surface area contributed by atoms with Crippen molar-refractivity contribution in [2.75, 3.05) is 0 Å². The van der Waals surface area contributed by atoms with Crippen LogP contribution in [0.2, 0.25) is 0 Å². The zero-order valence-corrected chi connectivity index (χ0v) is 17.6. The second-order valence-electron chi connectivity index (χ2n) is 7.99. The van der Waals surface area contributed by atoms with Crippen LogP contribution in [0, 0.1) is 0 Å². The summed E-state index contributed by atoms with van der Waals surface area (Å²) in [7, 11) is 0.